The number of carbonyl (C=O) groups excluding carboxylic acids is 1. The summed E-state index contributed by atoms with van der Waals surface area (Å²) in [4.78, 5) is 16.5. The molecular formula is C24H18ClNO6S. The summed E-state index contributed by atoms with van der Waals surface area (Å²) < 4.78 is 41.2. The quantitative estimate of drug-likeness (QED) is 0.285. The highest BCUT2D eigenvalue weighted by Gasteiger charge is 2.25. The molecule has 3 aromatic carbocycles. The van der Waals surface area contributed by atoms with Crippen molar-refractivity contribution in [3.63, 3.8) is 0 Å². The van der Waals surface area contributed by atoms with Crippen molar-refractivity contribution in [3.05, 3.63) is 94.1 Å². The predicted octanol–water partition coefficient (Wildman–Crippen LogP) is 4.77. The SMILES string of the molecule is COc1ccc(C=C2N=C(c3ccc(Cl)cc3)OC2=O)cc1OS(=O)(=O)c1ccc(C)cc1. The Morgan fingerprint density at radius 2 is 1.67 bits per heavy atom. The Bertz CT molecular complexity index is 1380. The Kier molecular flexibility index (Phi) is 6.22. The maximum atomic E-state index is 12.7. The van der Waals surface area contributed by atoms with Crippen LogP contribution in [0.25, 0.3) is 6.08 Å². The number of hydrogen-bond acceptors (Lipinski definition) is 7. The summed E-state index contributed by atoms with van der Waals surface area (Å²) in [5.74, 6) is -0.298. The van der Waals surface area contributed by atoms with E-state index >= 15 is 0 Å². The van der Waals surface area contributed by atoms with Crippen LogP contribution < -0.4 is 8.92 Å². The number of carbonyl (C=O) groups is 1. The lowest BCUT2D eigenvalue weighted by atomic mass is 10.1. The summed E-state index contributed by atoms with van der Waals surface area (Å²) in [5.41, 5.74) is 2.04. The summed E-state index contributed by atoms with van der Waals surface area (Å²) in [6, 6.07) is 17.6. The Labute approximate surface area is 196 Å². The Morgan fingerprint density at radius 1 is 0.970 bits per heavy atom. The van der Waals surface area contributed by atoms with Gasteiger partial charge in [0.25, 0.3) is 0 Å². The number of ether oxygens (including phenoxy) is 2. The van der Waals surface area contributed by atoms with Crippen molar-refractivity contribution in [2.24, 2.45) is 4.99 Å². The largest absolute Gasteiger partial charge is 0.493 e. The van der Waals surface area contributed by atoms with Gasteiger partial charge < -0.3 is 13.7 Å². The van der Waals surface area contributed by atoms with E-state index in [9.17, 15) is 13.2 Å². The summed E-state index contributed by atoms with van der Waals surface area (Å²) in [5, 5.41) is 0.547. The molecule has 1 heterocycles. The maximum absolute atomic E-state index is 12.7. The van der Waals surface area contributed by atoms with Crippen molar-refractivity contribution in [2.45, 2.75) is 11.8 Å². The molecule has 1 aliphatic heterocycles. The van der Waals surface area contributed by atoms with Crippen molar-refractivity contribution >= 4 is 39.7 Å². The summed E-state index contributed by atoms with van der Waals surface area (Å²) in [6.07, 6.45) is 1.47. The molecule has 0 atom stereocenters. The van der Waals surface area contributed by atoms with E-state index in [4.69, 9.17) is 25.3 Å². The van der Waals surface area contributed by atoms with Crippen LogP contribution in [0.5, 0.6) is 11.5 Å². The predicted molar refractivity (Wildman–Crippen MR) is 124 cm³/mol. The van der Waals surface area contributed by atoms with Crippen LogP contribution in [0.4, 0.5) is 0 Å². The van der Waals surface area contributed by atoms with Crippen molar-refractivity contribution in [1.82, 2.24) is 0 Å². The van der Waals surface area contributed by atoms with Gasteiger partial charge in [-0.3, -0.25) is 0 Å². The third kappa shape index (κ3) is 5.08. The molecular weight excluding hydrogens is 466 g/mol. The number of aliphatic imine (C=N–C) groups is 1. The minimum absolute atomic E-state index is 0.00971. The first kappa shape index (κ1) is 22.6. The highest BCUT2D eigenvalue weighted by Crippen LogP contribution is 2.32. The molecule has 0 radical (unpaired) electrons. The lowest BCUT2D eigenvalue weighted by Crippen LogP contribution is -2.10. The second-order valence-electron chi connectivity index (χ2n) is 7.10. The third-order valence-corrected chi connectivity index (χ3v) is 6.21. The molecule has 0 bridgehead atoms. The molecule has 1 aliphatic rings. The highest BCUT2D eigenvalue weighted by molar-refractivity contribution is 7.87. The van der Waals surface area contributed by atoms with Gasteiger partial charge in [-0.25, -0.2) is 9.79 Å². The zero-order valence-corrected chi connectivity index (χ0v) is 19.2. The molecule has 0 amide bonds. The number of esters is 1. The molecule has 0 saturated carbocycles. The van der Waals surface area contributed by atoms with E-state index in [1.807, 2.05) is 6.92 Å². The smallest absolute Gasteiger partial charge is 0.363 e. The summed E-state index contributed by atoms with van der Waals surface area (Å²) in [7, 11) is -2.70. The normalized spacial score (nSPS) is 14.7. The molecule has 0 spiro atoms. The van der Waals surface area contributed by atoms with Gasteiger partial charge in [0.15, 0.2) is 17.2 Å². The topological polar surface area (TPSA) is 91.3 Å². The number of rotatable bonds is 6. The van der Waals surface area contributed by atoms with E-state index in [-0.39, 0.29) is 28.0 Å². The van der Waals surface area contributed by atoms with Crippen molar-refractivity contribution in [2.75, 3.05) is 7.11 Å². The molecule has 0 unspecified atom stereocenters. The zero-order valence-electron chi connectivity index (χ0n) is 17.6. The molecule has 0 aliphatic carbocycles. The van der Waals surface area contributed by atoms with Crippen molar-refractivity contribution in [3.8, 4) is 11.5 Å². The average molecular weight is 484 g/mol. The van der Waals surface area contributed by atoms with Gasteiger partial charge in [0.05, 0.1) is 7.11 Å². The fourth-order valence-electron chi connectivity index (χ4n) is 3.00. The van der Waals surface area contributed by atoms with Crippen LogP contribution in [0.2, 0.25) is 5.02 Å². The van der Waals surface area contributed by atoms with E-state index in [2.05, 4.69) is 4.99 Å². The van der Waals surface area contributed by atoms with Gasteiger partial charge in [-0.05, 0) is 67.1 Å². The van der Waals surface area contributed by atoms with E-state index in [0.717, 1.165) is 5.56 Å². The minimum Gasteiger partial charge on any atom is -0.493 e. The molecule has 33 heavy (non-hydrogen) atoms. The summed E-state index contributed by atoms with van der Waals surface area (Å²) >= 11 is 5.89. The van der Waals surface area contributed by atoms with Crippen molar-refractivity contribution in [1.29, 1.82) is 0 Å². The molecule has 7 nitrogen and oxygen atoms in total. The molecule has 0 N–H and O–H groups in total. The molecule has 3 aromatic rings. The number of nitrogens with zero attached hydrogens (tertiary/aromatic N) is 1. The highest BCUT2D eigenvalue weighted by atomic mass is 35.5. The number of aryl methyl sites for hydroxylation is 1. The molecule has 9 heteroatoms. The Hall–Kier alpha value is -3.62. The van der Waals surface area contributed by atoms with Gasteiger partial charge >= 0.3 is 16.1 Å². The monoisotopic (exact) mass is 483 g/mol. The van der Waals surface area contributed by atoms with Gasteiger partial charge in [0.2, 0.25) is 5.90 Å². The zero-order chi connectivity index (χ0) is 23.6. The van der Waals surface area contributed by atoms with Crippen LogP contribution in [0.1, 0.15) is 16.7 Å². The minimum atomic E-state index is -4.10. The second-order valence-corrected chi connectivity index (χ2v) is 9.09. The lowest BCUT2D eigenvalue weighted by Gasteiger charge is -2.11. The van der Waals surface area contributed by atoms with Gasteiger partial charge in [-0.15, -0.1) is 0 Å². The lowest BCUT2D eigenvalue weighted by molar-refractivity contribution is -0.129. The van der Waals surface area contributed by atoms with Crippen LogP contribution in [0.15, 0.2) is 82.3 Å². The van der Waals surface area contributed by atoms with Gasteiger partial charge in [-0.2, -0.15) is 8.42 Å². The first-order chi connectivity index (χ1) is 15.7. The van der Waals surface area contributed by atoms with Crippen molar-refractivity contribution < 1.29 is 26.9 Å². The Morgan fingerprint density at radius 3 is 2.33 bits per heavy atom. The number of methoxy groups -OCH3 is 1. The van der Waals surface area contributed by atoms with Crippen LogP contribution in [-0.4, -0.2) is 27.4 Å². The average Bonchev–Trinajstić information content (AvgIpc) is 3.14. The van der Waals surface area contributed by atoms with E-state index in [0.29, 0.717) is 16.1 Å². The van der Waals surface area contributed by atoms with Gasteiger partial charge in [0, 0.05) is 10.6 Å². The molecule has 168 valence electrons. The first-order valence-electron chi connectivity index (χ1n) is 9.73. The fourth-order valence-corrected chi connectivity index (χ4v) is 4.06. The fraction of sp³-hybridized carbons (Fsp3) is 0.0833. The maximum Gasteiger partial charge on any atom is 0.363 e. The number of halogens is 1. The van der Waals surface area contributed by atoms with E-state index in [1.54, 1.807) is 42.5 Å². The van der Waals surface area contributed by atoms with E-state index < -0.39 is 16.1 Å². The second kappa shape index (κ2) is 9.09. The molecule has 0 saturated heterocycles. The number of hydrogen-bond donors (Lipinski definition) is 0. The van der Waals surface area contributed by atoms with E-state index in [1.165, 1.54) is 37.5 Å². The third-order valence-electron chi connectivity index (χ3n) is 4.71. The van der Waals surface area contributed by atoms with Gasteiger partial charge in [-0.1, -0.05) is 35.4 Å². The van der Waals surface area contributed by atoms with Crippen LogP contribution in [0.3, 0.4) is 0 Å². The molecule has 0 fully saturated rings. The Balaban J connectivity index is 1.65. The summed E-state index contributed by atoms with van der Waals surface area (Å²) in [6.45, 7) is 1.85. The van der Waals surface area contributed by atoms with Crippen LogP contribution in [0, 0.1) is 6.92 Å². The first-order valence-corrected chi connectivity index (χ1v) is 11.5. The van der Waals surface area contributed by atoms with Crippen LogP contribution in [-0.2, 0) is 19.6 Å². The standard InChI is InChI=1S/C24H18ClNO6S/c1-15-3-10-19(11-4-15)33(28,29)32-22-14-16(5-12-21(22)30-2)13-20-24(27)31-23(26-20)17-6-8-18(25)9-7-17/h3-14H,1-2H3. The number of cyclic esters (lactones) is 1. The van der Waals surface area contributed by atoms with Gasteiger partial charge in [0.1, 0.15) is 4.90 Å². The molecule has 4 rings (SSSR count). The van der Waals surface area contributed by atoms with Crippen LogP contribution >= 0.6 is 11.6 Å². The molecule has 0 aromatic heterocycles. The number of benzene rings is 3.